The molecule has 1 N–H and O–H groups in total. The van der Waals surface area contributed by atoms with Gasteiger partial charge in [-0.05, 0) is 31.7 Å². The summed E-state index contributed by atoms with van der Waals surface area (Å²) in [5.41, 5.74) is 0.0780. The third-order valence-corrected chi connectivity index (χ3v) is 3.33. The number of nitrogens with one attached hydrogen (secondary N) is 1. The van der Waals surface area contributed by atoms with E-state index in [1.54, 1.807) is 0 Å². The predicted molar refractivity (Wildman–Crippen MR) is 69.3 cm³/mol. The zero-order valence-electron chi connectivity index (χ0n) is 10.9. The summed E-state index contributed by atoms with van der Waals surface area (Å²) in [4.78, 5) is 22.3. The fourth-order valence-electron chi connectivity index (χ4n) is 1.99. The molecule has 1 amide bonds. The van der Waals surface area contributed by atoms with Crippen LogP contribution in [0, 0.1) is 16.0 Å². The van der Waals surface area contributed by atoms with Gasteiger partial charge in [0.15, 0.2) is 0 Å². The Morgan fingerprint density at radius 1 is 1.53 bits per heavy atom. The quantitative estimate of drug-likeness (QED) is 0.652. The lowest BCUT2D eigenvalue weighted by atomic mass is 10.1. The zero-order valence-corrected chi connectivity index (χ0v) is 10.9. The lowest BCUT2D eigenvalue weighted by Gasteiger charge is -2.14. The minimum atomic E-state index is -0.527. The highest BCUT2D eigenvalue weighted by atomic mass is 16.6. The van der Waals surface area contributed by atoms with Crippen LogP contribution < -0.4 is 10.1 Å². The number of nitrogens with zero attached hydrogens (tertiary/aromatic N) is 1. The average molecular weight is 264 g/mol. The summed E-state index contributed by atoms with van der Waals surface area (Å²) in [5, 5.41) is 13.6. The van der Waals surface area contributed by atoms with Gasteiger partial charge in [0.05, 0.1) is 17.6 Å². The molecule has 0 saturated heterocycles. The first-order valence-corrected chi connectivity index (χ1v) is 6.16. The molecule has 1 atom stereocenters. The molecule has 19 heavy (non-hydrogen) atoms. The molecule has 1 aromatic carbocycles. The number of hydrogen-bond acceptors (Lipinski definition) is 4. The number of methoxy groups -OCH3 is 1. The number of ether oxygens (including phenoxy) is 1. The van der Waals surface area contributed by atoms with Crippen molar-refractivity contribution in [1.82, 2.24) is 5.32 Å². The van der Waals surface area contributed by atoms with Gasteiger partial charge in [0.25, 0.3) is 11.6 Å². The second kappa shape index (κ2) is 5.26. The van der Waals surface area contributed by atoms with Crippen LogP contribution in [-0.2, 0) is 0 Å². The largest absolute Gasteiger partial charge is 0.496 e. The Hall–Kier alpha value is -2.11. The minimum Gasteiger partial charge on any atom is -0.496 e. The number of carbonyl (C=O) groups is 1. The number of nitro benzene ring substituents is 1. The van der Waals surface area contributed by atoms with Crippen molar-refractivity contribution < 1.29 is 14.5 Å². The van der Waals surface area contributed by atoms with E-state index in [2.05, 4.69) is 5.32 Å². The first kappa shape index (κ1) is 13.3. The molecule has 0 radical (unpaired) electrons. The molecule has 0 heterocycles. The van der Waals surface area contributed by atoms with Crippen molar-refractivity contribution in [3.63, 3.8) is 0 Å². The third-order valence-electron chi connectivity index (χ3n) is 3.33. The first-order chi connectivity index (χ1) is 9.02. The summed E-state index contributed by atoms with van der Waals surface area (Å²) < 4.78 is 5.08. The highest BCUT2D eigenvalue weighted by molar-refractivity contribution is 5.97. The van der Waals surface area contributed by atoms with Crippen LogP contribution in [0.4, 0.5) is 5.69 Å². The van der Waals surface area contributed by atoms with E-state index in [-0.39, 0.29) is 23.2 Å². The maximum Gasteiger partial charge on any atom is 0.270 e. The van der Waals surface area contributed by atoms with Gasteiger partial charge in [-0.15, -0.1) is 0 Å². The van der Waals surface area contributed by atoms with Crippen LogP contribution in [0.1, 0.15) is 30.1 Å². The van der Waals surface area contributed by atoms with Crippen molar-refractivity contribution in [1.29, 1.82) is 0 Å². The summed E-state index contributed by atoms with van der Waals surface area (Å²) in [6.45, 7) is 1.94. The number of rotatable bonds is 5. The van der Waals surface area contributed by atoms with Crippen LogP contribution in [0.2, 0.25) is 0 Å². The normalized spacial score (nSPS) is 15.7. The van der Waals surface area contributed by atoms with Crippen molar-refractivity contribution in [3.05, 3.63) is 33.9 Å². The molecule has 1 aliphatic carbocycles. The number of hydrogen-bond donors (Lipinski definition) is 1. The zero-order chi connectivity index (χ0) is 14.0. The molecule has 0 bridgehead atoms. The van der Waals surface area contributed by atoms with Crippen LogP contribution >= 0.6 is 0 Å². The van der Waals surface area contributed by atoms with Crippen LogP contribution in [0.25, 0.3) is 0 Å². The summed E-state index contributed by atoms with van der Waals surface area (Å²) in [7, 11) is 1.43. The monoisotopic (exact) mass is 264 g/mol. The Bertz CT molecular complexity index is 511. The number of nitro groups is 1. The van der Waals surface area contributed by atoms with E-state index in [4.69, 9.17) is 4.74 Å². The van der Waals surface area contributed by atoms with Gasteiger partial charge in [-0.1, -0.05) is 0 Å². The fraction of sp³-hybridized carbons (Fsp3) is 0.462. The van der Waals surface area contributed by atoms with Gasteiger partial charge in [-0.3, -0.25) is 14.9 Å². The van der Waals surface area contributed by atoms with Crippen molar-refractivity contribution in [2.24, 2.45) is 5.92 Å². The van der Waals surface area contributed by atoms with Gasteiger partial charge in [0.1, 0.15) is 5.75 Å². The second-order valence-corrected chi connectivity index (χ2v) is 4.74. The number of carbonyl (C=O) groups excluding carboxylic acids is 1. The summed E-state index contributed by atoms with van der Waals surface area (Å²) >= 11 is 0. The molecule has 102 valence electrons. The van der Waals surface area contributed by atoms with Crippen LogP contribution in [0.3, 0.4) is 0 Å². The Morgan fingerprint density at radius 2 is 2.21 bits per heavy atom. The molecule has 0 aliphatic heterocycles. The Balaban J connectivity index is 2.22. The van der Waals surface area contributed by atoms with E-state index < -0.39 is 4.92 Å². The summed E-state index contributed by atoms with van der Waals surface area (Å²) in [6.07, 6.45) is 2.24. The van der Waals surface area contributed by atoms with Gasteiger partial charge in [-0.25, -0.2) is 0 Å². The second-order valence-electron chi connectivity index (χ2n) is 4.74. The van der Waals surface area contributed by atoms with E-state index in [0.29, 0.717) is 11.7 Å². The average Bonchev–Trinajstić information content (AvgIpc) is 3.21. The summed E-state index contributed by atoms with van der Waals surface area (Å²) in [6, 6.07) is 4.08. The van der Waals surface area contributed by atoms with Gasteiger partial charge in [0, 0.05) is 18.2 Å². The smallest absolute Gasteiger partial charge is 0.270 e. The van der Waals surface area contributed by atoms with Crippen molar-refractivity contribution in [2.75, 3.05) is 7.11 Å². The molecule has 0 spiro atoms. The topological polar surface area (TPSA) is 81.5 Å². The Morgan fingerprint density at radius 3 is 2.74 bits per heavy atom. The lowest BCUT2D eigenvalue weighted by molar-refractivity contribution is -0.384. The molecule has 0 unspecified atom stereocenters. The lowest BCUT2D eigenvalue weighted by Crippen LogP contribution is -2.34. The SMILES string of the molecule is COc1ccc([N+](=O)[O-])cc1C(=O)N[C@@H](C)C1CC1. The molecular formula is C13H16N2O4. The molecular weight excluding hydrogens is 248 g/mol. The molecule has 6 nitrogen and oxygen atoms in total. The molecule has 1 saturated carbocycles. The van der Waals surface area contributed by atoms with E-state index in [1.807, 2.05) is 6.92 Å². The van der Waals surface area contributed by atoms with Gasteiger partial charge in [0.2, 0.25) is 0 Å². The standard InChI is InChI=1S/C13H16N2O4/c1-8(9-3-4-9)14-13(16)11-7-10(15(17)18)5-6-12(11)19-2/h5-9H,3-4H2,1-2H3,(H,14,16)/t8-/m0/s1. The van der Waals surface area contributed by atoms with E-state index >= 15 is 0 Å². The number of benzene rings is 1. The van der Waals surface area contributed by atoms with Crippen LogP contribution in [0.15, 0.2) is 18.2 Å². The highest BCUT2D eigenvalue weighted by Crippen LogP contribution is 2.33. The van der Waals surface area contributed by atoms with Crippen LogP contribution in [0.5, 0.6) is 5.75 Å². The van der Waals surface area contributed by atoms with Gasteiger partial charge >= 0.3 is 0 Å². The Kier molecular flexibility index (Phi) is 3.69. The predicted octanol–water partition coefficient (Wildman–Crippen LogP) is 2.13. The number of amides is 1. The van der Waals surface area contributed by atoms with Crippen molar-refractivity contribution in [3.8, 4) is 5.75 Å². The fourth-order valence-corrected chi connectivity index (χ4v) is 1.99. The molecule has 6 heteroatoms. The van der Waals surface area contributed by atoms with Gasteiger partial charge < -0.3 is 10.1 Å². The first-order valence-electron chi connectivity index (χ1n) is 6.16. The van der Waals surface area contributed by atoms with Crippen molar-refractivity contribution in [2.45, 2.75) is 25.8 Å². The molecule has 1 fully saturated rings. The number of non-ortho nitro benzene ring substituents is 1. The third kappa shape index (κ3) is 3.01. The molecule has 1 aliphatic rings. The Labute approximate surface area is 110 Å². The molecule has 0 aromatic heterocycles. The minimum absolute atomic E-state index is 0.0801. The maximum atomic E-state index is 12.1. The summed E-state index contributed by atoms with van der Waals surface area (Å²) in [5.74, 6) is 0.527. The van der Waals surface area contributed by atoms with E-state index in [0.717, 1.165) is 12.8 Å². The van der Waals surface area contributed by atoms with Crippen molar-refractivity contribution >= 4 is 11.6 Å². The van der Waals surface area contributed by atoms with Crippen LogP contribution in [-0.4, -0.2) is 24.0 Å². The van der Waals surface area contributed by atoms with E-state index in [1.165, 1.54) is 25.3 Å². The maximum absolute atomic E-state index is 12.1. The van der Waals surface area contributed by atoms with Gasteiger partial charge in [-0.2, -0.15) is 0 Å². The molecule has 1 aromatic rings. The molecule has 2 rings (SSSR count). The van der Waals surface area contributed by atoms with E-state index in [9.17, 15) is 14.9 Å². The highest BCUT2D eigenvalue weighted by Gasteiger charge is 2.30.